The zero-order valence-electron chi connectivity index (χ0n) is 10.2. The lowest BCUT2D eigenvalue weighted by Crippen LogP contribution is -2.26. The van der Waals surface area contributed by atoms with Crippen molar-refractivity contribution in [3.63, 3.8) is 0 Å². The van der Waals surface area contributed by atoms with E-state index in [0.717, 1.165) is 23.5 Å². The van der Waals surface area contributed by atoms with E-state index in [1.807, 2.05) is 14.0 Å². The van der Waals surface area contributed by atoms with Crippen LogP contribution in [-0.4, -0.2) is 32.7 Å². The Balaban J connectivity index is 2.32. The third-order valence-corrected chi connectivity index (χ3v) is 4.73. The number of rotatable bonds is 8. The lowest BCUT2D eigenvalue weighted by atomic mass is 10.3. The molecule has 0 aromatic carbocycles. The molecule has 0 saturated carbocycles. The van der Waals surface area contributed by atoms with Crippen LogP contribution in [-0.2, 0) is 16.6 Å². The lowest BCUT2D eigenvalue weighted by molar-refractivity contribution is 0.576. The molecule has 0 aliphatic heterocycles. The van der Waals surface area contributed by atoms with Gasteiger partial charge in [-0.25, -0.2) is 18.1 Å². The minimum atomic E-state index is -3.15. The van der Waals surface area contributed by atoms with Gasteiger partial charge >= 0.3 is 0 Å². The smallest absolute Gasteiger partial charge is 0.211 e. The molecule has 0 aliphatic carbocycles. The largest absolute Gasteiger partial charge is 0.320 e. The first-order valence-electron chi connectivity index (χ1n) is 5.56. The van der Waals surface area contributed by atoms with Gasteiger partial charge in [0.2, 0.25) is 10.0 Å². The van der Waals surface area contributed by atoms with E-state index in [4.69, 9.17) is 0 Å². The molecule has 0 spiro atoms. The van der Waals surface area contributed by atoms with Crippen LogP contribution in [0.4, 0.5) is 0 Å². The van der Waals surface area contributed by atoms with Crippen molar-refractivity contribution in [2.24, 2.45) is 0 Å². The Morgan fingerprint density at radius 3 is 2.76 bits per heavy atom. The standard InChI is InChI=1S/C10H19N3O2S2/c1-9-10(16-8-12-9)7-13-17(14,15)6-4-3-5-11-2/h8,11,13H,3-7H2,1-2H3. The Morgan fingerprint density at radius 2 is 2.18 bits per heavy atom. The molecule has 98 valence electrons. The molecule has 0 amide bonds. The van der Waals surface area contributed by atoms with E-state index >= 15 is 0 Å². The molecule has 0 bridgehead atoms. The van der Waals surface area contributed by atoms with Crippen LogP contribution in [0.25, 0.3) is 0 Å². The molecule has 0 unspecified atom stereocenters. The minimum absolute atomic E-state index is 0.187. The SMILES string of the molecule is CNCCCCS(=O)(=O)NCc1scnc1C. The van der Waals surface area contributed by atoms with E-state index in [9.17, 15) is 8.42 Å². The van der Waals surface area contributed by atoms with Gasteiger partial charge in [-0.3, -0.25) is 0 Å². The zero-order valence-corrected chi connectivity index (χ0v) is 11.8. The highest BCUT2D eigenvalue weighted by atomic mass is 32.2. The molecule has 0 radical (unpaired) electrons. The van der Waals surface area contributed by atoms with Crippen LogP contribution >= 0.6 is 11.3 Å². The Labute approximate surface area is 107 Å². The molecule has 5 nitrogen and oxygen atoms in total. The van der Waals surface area contributed by atoms with Crippen molar-refractivity contribution in [1.82, 2.24) is 15.0 Å². The second-order valence-electron chi connectivity index (χ2n) is 3.81. The van der Waals surface area contributed by atoms with Crippen molar-refractivity contribution >= 4 is 21.4 Å². The maximum absolute atomic E-state index is 11.7. The zero-order chi connectivity index (χ0) is 12.7. The molecule has 1 heterocycles. The quantitative estimate of drug-likeness (QED) is 0.692. The number of aromatic nitrogens is 1. The van der Waals surface area contributed by atoms with Gasteiger partial charge in [-0.1, -0.05) is 0 Å². The summed E-state index contributed by atoms with van der Waals surface area (Å²) >= 11 is 1.47. The van der Waals surface area contributed by atoms with Crippen molar-refractivity contribution in [3.05, 3.63) is 16.1 Å². The molecule has 7 heteroatoms. The van der Waals surface area contributed by atoms with Gasteiger partial charge in [0.05, 0.1) is 17.0 Å². The molecule has 1 rings (SSSR count). The van der Waals surface area contributed by atoms with Crippen LogP contribution in [0.1, 0.15) is 23.4 Å². The fraction of sp³-hybridized carbons (Fsp3) is 0.700. The van der Waals surface area contributed by atoms with Crippen LogP contribution in [0.15, 0.2) is 5.51 Å². The van der Waals surface area contributed by atoms with E-state index in [0.29, 0.717) is 13.0 Å². The molecule has 1 aromatic heterocycles. The topological polar surface area (TPSA) is 71.1 Å². The minimum Gasteiger partial charge on any atom is -0.320 e. The molecular formula is C10H19N3O2S2. The number of aryl methyl sites for hydroxylation is 1. The predicted octanol–water partition coefficient (Wildman–Crippen LogP) is 0.871. The Hall–Kier alpha value is -0.500. The van der Waals surface area contributed by atoms with Gasteiger partial charge in [0.25, 0.3) is 0 Å². The number of sulfonamides is 1. The van der Waals surface area contributed by atoms with Crippen LogP contribution < -0.4 is 10.0 Å². The summed E-state index contributed by atoms with van der Waals surface area (Å²) in [6.07, 6.45) is 1.55. The van der Waals surface area contributed by atoms with Crippen LogP contribution in [0, 0.1) is 6.92 Å². The van der Waals surface area contributed by atoms with Gasteiger partial charge in [0.15, 0.2) is 0 Å². The van der Waals surface area contributed by atoms with Crippen LogP contribution in [0.2, 0.25) is 0 Å². The van der Waals surface area contributed by atoms with E-state index < -0.39 is 10.0 Å². The average Bonchev–Trinajstić information content (AvgIpc) is 2.68. The Morgan fingerprint density at radius 1 is 1.41 bits per heavy atom. The van der Waals surface area contributed by atoms with Crippen LogP contribution in [0.3, 0.4) is 0 Å². The number of nitrogens with zero attached hydrogens (tertiary/aromatic N) is 1. The molecule has 17 heavy (non-hydrogen) atoms. The lowest BCUT2D eigenvalue weighted by Gasteiger charge is -2.05. The fourth-order valence-electron chi connectivity index (χ4n) is 1.34. The molecule has 0 fully saturated rings. The number of thiazole rings is 1. The van der Waals surface area contributed by atoms with Gasteiger partial charge in [-0.05, 0) is 33.4 Å². The number of hydrogen-bond donors (Lipinski definition) is 2. The summed E-state index contributed by atoms with van der Waals surface area (Å²) in [5.41, 5.74) is 2.62. The number of hydrogen-bond acceptors (Lipinski definition) is 5. The maximum Gasteiger partial charge on any atom is 0.211 e. The van der Waals surface area contributed by atoms with E-state index in [2.05, 4.69) is 15.0 Å². The first kappa shape index (κ1) is 14.6. The molecule has 0 atom stereocenters. The van der Waals surface area contributed by atoms with Crippen molar-refractivity contribution in [1.29, 1.82) is 0 Å². The van der Waals surface area contributed by atoms with Gasteiger partial charge in [0.1, 0.15) is 0 Å². The van der Waals surface area contributed by atoms with E-state index in [1.165, 1.54) is 11.3 Å². The van der Waals surface area contributed by atoms with Gasteiger partial charge in [-0.2, -0.15) is 0 Å². The monoisotopic (exact) mass is 277 g/mol. The average molecular weight is 277 g/mol. The summed E-state index contributed by atoms with van der Waals surface area (Å²) in [5.74, 6) is 0.187. The van der Waals surface area contributed by atoms with Crippen molar-refractivity contribution in [2.75, 3.05) is 19.3 Å². The van der Waals surface area contributed by atoms with E-state index in [1.54, 1.807) is 5.51 Å². The normalized spacial score (nSPS) is 11.9. The molecule has 0 saturated heterocycles. The van der Waals surface area contributed by atoms with E-state index in [-0.39, 0.29) is 5.75 Å². The third kappa shape index (κ3) is 5.58. The Bertz CT molecular complexity index is 429. The highest BCUT2D eigenvalue weighted by Crippen LogP contribution is 2.11. The van der Waals surface area contributed by atoms with Crippen molar-refractivity contribution in [3.8, 4) is 0 Å². The molecule has 2 N–H and O–H groups in total. The molecule has 1 aromatic rings. The summed E-state index contributed by atoms with van der Waals surface area (Å²) in [5, 5.41) is 2.99. The number of unbranched alkanes of at least 4 members (excludes halogenated alkanes) is 1. The predicted molar refractivity (Wildman–Crippen MR) is 70.6 cm³/mol. The third-order valence-electron chi connectivity index (χ3n) is 2.39. The summed E-state index contributed by atoms with van der Waals surface area (Å²) < 4.78 is 25.9. The first-order chi connectivity index (χ1) is 8.05. The summed E-state index contributed by atoms with van der Waals surface area (Å²) in [6.45, 7) is 3.08. The number of nitrogens with one attached hydrogen (secondary N) is 2. The maximum atomic E-state index is 11.7. The first-order valence-corrected chi connectivity index (χ1v) is 8.09. The highest BCUT2D eigenvalue weighted by Gasteiger charge is 2.11. The van der Waals surface area contributed by atoms with Gasteiger partial charge in [0, 0.05) is 11.4 Å². The van der Waals surface area contributed by atoms with Gasteiger partial charge in [-0.15, -0.1) is 11.3 Å². The second kappa shape index (κ2) is 7.05. The fourth-order valence-corrected chi connectivity index (χ4v) is 3.24. The second-order valence-corrected chi connectivity index (χ2v) is 6.68. The highest BCUT2D eigenvalue weighted by molar-refractivity contribution is 7.89. The molecule has 0 aliphatic rings. The Kier molecular flexibility index (Phi) is 6.04. The summed E-state index contributed by atoms with van der Waals surface area (Å²) in [7, 11) is -1.29. The summed E-state index contributed by atoms with van der Waals surface area (Å²) in [6, 6.07) is 0. The van der Waals surface area contributed by atoms with Crippen molar-refractivity contribution in [2.45, 2.75) is 26.3 Å². The summed E-state index contributed by atoms with van der Waals surface area (Å²) in [4.78, 5) is 5.05. The van der Waals surface area contributed by atoms with Crippen LogP contribution in [0.5, 0.6) is 0 Å². The van der Waals surface area contributed by atoms with Gasteiger partial charge < -0.3 is 5.32 Å². The van der Waals surface area contributed by atoms with Crippen molar-refractivity contribution < 1.29 is 8.42 Å². The molecular weight excluding hydrogens is 258 g/mol.